The van der Waals surface area contributed by atoms with Crippen LogP contribution in [-0.2, 0) is 107 Å². The first-order valence-corrected chi connectivity index (χ1v) is 49.4. The van der Waals surface area contributed by atoms with Crippen molar-refractivity contribution in [2.45, 2.75) is 279 Å². The van der Waals surface area contributed by atoms with Gasteiger partial charge in [0.1, 0.15) is 90.6 Å². The number of nitrogens with one attached hydrogen (secondary N) is 21. The number of aliphatic hydroxyl groups is 1. The molecule has 4 aromatic heterocycles. The maximum atomic E-state index is 15.7. The number of amides is 17. The summed E-state index contributed by atoms with van der Waals surface area (Å²) in [5.41, 5.74) is 11.1. The van der Waals surface area contributed by atoms with E-state index in [4.69, 9.17) is 5.73 Å². The minimum atomic E-state index is -1.50. The number of nitrogens with two attached hydrogens (primary N) is 1. The second kappa shape index (κ2) is 55.4. The van der Waals surface area contributed by atoms with Crippen LogP contribution in [0.25, 0.3) is 43.6 Å². The number of aliphatic hydroxyl groups excluding tert-OH is 1. The highest BCUT2D eigenvalue weighted by Crippen LogP contribution is 2.27. The van der Waals surface area contributed by atoms with E-state index in [1.807, 2.05) is 126 Å². The molecule has 24 N–H and O–H groups in total. The summed E-state index contributed by atoms with van der Waals surface area (Å²) in [6.45, 7) is 28.0. The van der Waals surface area contributed by atoms with Crippen molar-refractivity contribution in [2.24, 2.45) is 47.2 Å². The molecule has 0 aliphatic rings. The first-order valence-electron chi connectivity index (χ1n) is 49.4. The van der Waals surface area contributed by atoms with Gasteiger partial charge < -0.3 is 121 Å². The Hall–Kier alpha value is -14.1. The van der Waals surface area contributed by atoms with E-state index in [9.17, 15) is 53.1 Å². The van der Waals surface area contributed by atoms with Crippen LogP contribution in [-0.4, -0.2) is 243 Å². The van der Waals surface area contributed by atoms with Gasteiger partial charge in [0.05, 0.1) is 13.2 Å². The molecule has 778 valence electrons. The maximum absolute atomic E-state index is 15.7. The molecule has 0 saturated heterocycles. The van der Waals surface area contributed by atoms with E-state index < -0.39 is 209 Å². The van der Waals surface area contributed by atoms with Gasteiger partial charge in [0.2, 0.25) is 101 Å². The Bertz CT molecular complexity index is 5700. The number of hydrogen-bond donors (Lipinski definition) is 23. The highest BCUT2D eigenvalue weighted by molar-refractivity contribution is 6.03. The molecule has 4 heterocycles. The molecule has 0 saturated carbocycles. The van der Waals surface area contributed by atoms with Crippen LogP contribution < -0.4 is 96.1 Å². The molecule has 0 spiro atoms. The molecule has 0 radical (unpaired) electrons. The summed E-state index contributed by atoms with van der Waals surface area (Å²) in [6, 6.07) is 9.46. The van der Waals surface area contributed by atoms with Crippen molar-refractivity contribution in [2.75, 3.05) is 26.2 Å². The monoisotopic (exact) mass is 1980 g/mol. The number of para-hydroxylation sites is 4. The van der Waals surface area contributed by atoms with E-state index in [0.29, 0.717) is 69.9 Å². The van der Waals surface area contributed by atoms with Crippen LogP contribution in [0.2, 0.25) is 0 Å². The second-order valence-electron chi connectivity index (χ2n) is 39.6. The molecule has 143 heavy (non-hydrogen) atoms. The van der Waals surface area contributed by atoms with Crippen LogP contribution in [0.1, 0.15) is 185 Å². The van der Waals surface area contributed by atoms with Gasteiger partial charge in [0.25, 0.3) is 0 Å². The number of H-pyrrole nitrogens is 4. The number of benzene rings is 4. The normalized spacial score (nSPS) is 14.8. The second-order valence-corrected chi connectivity index (χ2v) is 39.6. The summed E-state index contributed by atoms with van der Waals surface area (Å²) in [5.74, 6) is -15.4. The van der Waals surface area contributed by atoms with Crippen molar-refractivity contribution in [1.82, 2.24) is 110 Å². The fourth-order valence-electron chi connectivity index (χ4n) is 16.9. The molecule has 8 aromatic rings. The van der Waals surface area contributed by atoms with Crippen LogP contribution in [0.5, 0.6) is 0 Å². The first-order chi connectivity index (χ1) is 67.9. The number of aromatic amines is 4. The lowest BCUT2D eigenvalue weighted by Crippen LogP contribution is -2.62. The van der Waals surface area contributed by atoms with Gasteiger partial charge in [0.15, 0.2) is 0 Å². The third kappa shape index (κ3) is 34.4. The molecular weight excluding hydrogens is 1830 g/mol. The minimum Gasteiger partial charge on any atom is -0.395 e. The van der Waals surface area contributed by atoms with Crippen molar-refractivity contribution >= 4 is 145 Å². The number of aromatic nitrogens is 4. The van der Waals surface area contributed by atoms with Crippen molar-refractivity contribution < 1.29 is 86.6 Å². The van der Waals surface area contributed by atoms with E-state index in [-0.39, 0.29) is 94.6 Å². The zero-order valence-electron chi connectivity index (χ0n) is 84.9. The molecule has 8 rings (SSSR count). The largest absolute Gasteiger partial charge is 0.395 e. The molecule has 40 heteroatoms. The molecule has 1 unspecified atom stereocenters. The fraction of sp³-hybridized carbons (Fsp3) is 0.524. The summed E-state index contributed by atoms with van der Waals surface area (Å²) < 4.78 is 0. The number of rotatable bonds is 58. The van der Waals surface area contributed by atoms with Gasteiger partial charge in [-0.15, -0.1) is 0 Å². The lowest BCUT2D eigenvalue weighted by molar-refractivity contribution is -0.137. The predicted molar refractivity (Wildman–Crippen MR) is 543 cm³/mol. The highest BCUT2D eigenvalue weighted by Gasteiger charge is 2.41. The van der Waals surface area contributed by atoms with Gasteiger partial charge in [-0.2, -0.15) is 0 Å². The Balaban J connectivity index is 1.03. The van der Waals surface area contributed by atoms with Gasteiger partial charge in [0, 0.05) is 101 Å². The predicted octanol–water partition coefficient (Wildman–Crippen LogP) is 3.35. The summed E-state index contributed by atoms with van der Waals surface area (Å²) >= 11 is 0. The number of unbranched alkanes of at least 4 members (excludes halogenated alkanes) is 1. The SMILES string of the molecule is CC(C)C[C@@H](NC(=O)[C@H](C)NC(=O)CNC(=O)C(C)NC=O)C(=O)N[C@@H](C)C(=O)N[C@@H](C(=O)N[C@H](C(=O)N[C@@H](C(=O)N[C@@H](Cc1c[nH]c2ccccc12)C(=O)N[C@H](CC(C)C)C(=O)N[C@@H](Cc1c[nH]c2ccccc12)C(=O)N[C@H](CC(C)C)C(=O)N[C@@H](Cc1c[nH]c2ccccc12)C(=O)N[C@H](CC(C)C)C(=O)N[C@@H](Cc1c[nH]c2ccccc12)C(=O)N[C@@H](CCCCN)C(=O)NCCO)C(C)C)C(C)C)C(C)C. The average molecular weight is 1980 g/mol. The Morgan fingerprint density at radius 1 is 0.301 bits per heavy atom. The van der Waals surface area contributed by atoms with E-state index in [1.54, 1.807) is 92.3 Å². The molecule has 0 fully saturated rings. The number of hydrogen-bond acceptors (Lipinski definition) is 19. The van der Waals surface area contributed by atoms with Crippen LogP contribution in [0.3, 0.4) is 0 Å². The van der Waals surface area contributed by atoms with Crippen molar-refractivity contribution in [3.63, 3.8) is 0 Å². The van der Waals surface area contributed by atoms with Gasteiger partial charge >= 0.3 is 0 Å². The van der Waals surface area contributed by atoms with Crippen LogP contribution in [0, 0.1) is 41.4 Å². The van der Waals surface area contributed by atoms with Crippen LogP contribution >= 0.6 is 0 Å². The smallest absolute Gasteiger partial charge is 0.243 e. The van der Waals surface area contributed by atoms with Crippen molar-refractivity contribution in [3.8, 4) is 0 Å². The maximum Gasteiger partial charge on any atom is 0.243 e. The van der Waals surface area contributed by atoms with Gasteiger partial charge in [-0.25, -0.2) is 0 Å². The summed E-state index contributed by atoms with van der Waals surface area (Å²) in [6.07, 6.45) is 7.82. The topological polar surface area (TPSA) is 604 Å². The molecule has 4 aromatic carbocycles. The summed E-state index contributed by atoms with van der Waals surface area (Å²) in [7, 11) is 0. The Labute approximate surface area is 833 Å². The third-order valence-electron chi connectivity index (χ3n) is 24.7. The Kier molecular flexibility index (Phi) is 44.2. The molecule has 40 nitrogen and oxygen atoms in total. The molecule has 0 bridgehead atoms. The summed E-state index contributed by atoms with van der Waals surface area (Å²) in [4.78, 5) is 256. The molecule has 0 aliphatic heterocycles. The van der Waals surface area contributed by atoms with E-state index in [2.05, 4.69) is 110 Å². The zero-order valence-corrected chi connectivity index (χ0v) is 84.9. The molecule has 0 aliphatic carbocycles. The van der Waals surface area contributed by atoms with Gasteiger partial charge in [-0.05, 0) is 160 Å². The van der Waals surface area contributed by atoms with Crippen LogP contribution in [0.4, 0.5) is 0 Å². The molecular formula is C103H148N22O18. The number of carbonyl (C=O) groups excluding carboxylic acids is 17. The highest BCUT2D eigenvalue weighted by atomic mass is 16.3. The van der Waals surface area contributed by atoms with Gasteiger partial charge in [-0.1, -0.05) is 170 Å². The standard InChI is InChI=1S/C103H148N22O18/c1-54(2)40-77(115-90(130)62(16)112-85(128)52-110-89(129)61(15)111-53-127)93(133)113-63(17)91(131)123-87(59(11)12)102(142)125-88(60(13)14)103(143)124-86(58(9)10)101(141)122-84(47-67-51-109-75-35-25-21-31-71(67)75)100(140)118-80(43-57(7)8)96(136)121-83(46-66-50-108-74-34-24-20-30-70(66)74)99(139)117-79(42-56(5)6)95(135)120-82(45-65-49-107-73-33-23-19-29-69(65)73)98(138)116-78(41-55(3)4)94(134)119-81(44-64-48-106-72-32-22-18-28-68(64)72)97(137)114-76(36-26-27-37-104)92(132)105-38-39-126/h18-25,28-35,48-51,53-63,76-84,86-88,106-109,126H,26-27,36-47,52,104H2,1-17H3,(H,105,132)(H,110,129)(H,111,127)(H,112,128)(H,113,133)(H,114,137)(H,115,130)(H,116,138)(H,117,139)(H,118,140)(H,119,134)(H,120,135)(H,121,136)(H,122,141)(H,123,131)(H,124,143)(H,125,142)/t61?,62-,63-,76-,77+,78+,79+,80+,81-,82-,83-,84-,86+,87+,88-/m0/s1. The lowest BCUT2D eigenvalue weighted by Gasteiger charge is -2.31. The van der Waals surface area contributed by atoms with Crippen molar-refractivity contribution in [3.05, 3.63) is 144 Å². The van der Waals surface area contributed by atoms with E-state index in [1.165, 1.54) is 20.8 Å². The number of fused-ring (bicyclic) bond motifs is 4. The Morgan fingerprint density at radius 3 is 0.888 bits per heavy atom. The average Bonchev–Trinajstić information content (AvgIpc) is 1.72. The van der Waals surface area contributed by atoms with Crippen molar-refractivity contribution in [1.29, 1.82) is 0 Å². The van der Waals surface area contributed by atoms with E-state index in [0.717, 1.165) is 21.8 Å². The molecule has 15 atom stereocenters. The number of carbonyl (C=O) groups is 17. The first kappa shape index (κ1) is 114. The Morgan fingerprint density at radius 2 is 0.573 bits per heavy atom. The third-order valence-corrected chi connectivity index (χ3v) is 24.7. The van der Waals surface area contributed by atoms with Crippen LogP contribution in [0.15, 0.2) is 122 Å². The van der Waals surface area contributed by atoms with Gasteiger partial charge in [-0.3, -0.25) is 81.5 Å². The molecule has 17 amide bonds. The zero-order chi connectivity index (χ0) is 105. The fourth-order valence-corrected chi connectivity index (χ4v) is 16.9. The summed E-state index contributed by atoms with van der Waals surface area (Å²) in [5, 5.41) is 58.9. The van der Waals surface area contributed by atoms with E-state index >= 15 is 33.6 Å². The lowest BCUT2D eigenvalue weighted by atomic mass is 9.97. The quantitative estimate of drug-likeness (QED) is 0.0192. The minimum absolute atomic E-state index is 0.0161.